The summed E-state index contributed by atoms with van der Waals surface area (Å²) in [6.07, 6.45) is 1.23. The number of benzene rings is 1. The molecule has 19 heavy (non-hydrogen) atoms. The Balaban J connectivity index is 2.74. The van der Waals surface area contributed by atoms with Crippen molar-refractivity contribution in [2.75, 3.05) is 13.7 Å². The third kappa shape index (κ3) is 4.06. The van der Waals surface area contributed by atoms with Gasteiger partial charge in [-0.2, -0.15) is 0 Å². The van der Waals surface area contributed by atoms with E-state index in [1.807, 2.05) is 0 Å². The van der Waals surface area contributed by atoms with Gasteiger partial charge in [-0.3, -0.25) is 4.79 Å². The maximum atomic E-state index is 11.8. The summed E-state index contributed by atoms with van der Waals surface area (Å²) in [7, 11) is 1.23. The highest BCUT2D eigenvalue weighted by Crippen LogP contribution is 2.11. The van der Waals surface area contributed by atoms with Gasteiger partial charge >= 0.3 is 11.9 Å². The van der Waals surface area contributed by atoms with Gasteiger partial charge < -0.3 is 9.47 Å². The lowest BCUT2D eigenvalue weighted by Gasteiger charge is -2.07. The Bertz CT molecular complexity index is 504. The Morgan fingerprint density at radius 3 is 2.26 bits per heavy atom. The minimum atomic E-state index is -0.669. The first kappa shape index (κ1) is 14.6. The second-order valence-corrected chi connectivity index (χ2v) is 3.59. The van der Waals surface area contributed by atoms with Gasteiger partial charge in [-0.1, -0.05) is 18.7 Å². The molecule has 0 saturated carbocycles. The molecule has 0 aliphatic carbocycles. The van der Waals surface area contributed by atoms with E-state index in [1.54, 1.807) is 12.1 Å². The van der Waals surface area contributed by atoms with Gasteiger partial charge in [-0.15, -0.1) is 0 Å². The van der Waals surface area contributed by atoms with Gasteiger partial charge in [0.25, 0.3) is 0 Å². The van der Waals surface area contributed by atoms with Crippen LogP contribution < -0.4 is 0 Å². The van der Waals surface area contributed by atoms with Crippen LogP contribution in [0.5, 0.6) is 0 Å². The largest absolute Gasteiger partial charge is 0.465 e. The minimum absolute atomic E-state index is 0.0564. The van der Waals surface area contributed by atoms with Crippen molar-refractivity contribution >= 4 is 17.7 Å². The number of ketones is 1. The zero-order valence-corrected chi connectivity index (χ0v) is 10.5. The number of carbonyl (C=O) groups is 3. The number of rotatable bonds is 6. The summed E-state index contributed by atoms with van der Waals surface area (Å²) in [6, 6.07) is 6.16. The van der Waals surface area contributed by atoms with Crippen LogP contribution in [-0.2, 0) is 14.3 Å². The van der Waals surface area contributed by atoms with Crippen LogP contribution in [0.15, 0.2) is 36.9 Å². The highest BCUT2D eigenvalue weighted by molar-refractivity contribution is 6.03. The second-order valence-electron chi connectivity index (χ2n) is 3.59. The summed E-state index contributed by atoms with van der Waals surface area (Å²) in [6.45, 7) is 3.26. The van der Waals surface area contributed by atoms with Crippen molar-refractivity contribution in [2.45, 2.75) is 6.42 Å². The van der Waals surface area contributed by atoms with E-state index >= 15 is 0 Å². The Morgan fingerprint density at radius 1 is 1.16 bits per heavy atom. The fourth-order valence-corrected chi connectivity index (χ4v) is 1.37. The van der Waals surface area contributed by atoms with Crippen molar-refractivity contribution in [2.24, 2.45) is 0 Å². The van der Waals surface area contributed by atoms with Crippen LogP contribution in [0, 0.1) is 0 Å². The molecule has 5 heteroatoms. The van der Waals surface area contributed by atoms with Crippen molar-refractivity contribution in [3.05, 3.63) is 48.0 Å². The van der Waals surface area contributed by atoms with Gasteiger partial charge in [0.15, 0.2) is 5.78 Å². The highest BCUT2D eigenvalue weighted by atomic mass is 16.5. The SMILES string of the molecule is C=CC(=O)CCOC(=O)c1ccccc1C(=O)OC. The summed E-state index contributed by atoms with van der Waals surface area (Å²) in [5.74, 6) is -1.50. The van der Waals surface area contributed by atoms with Crippen LogP contribution in [0.1, 0.15) is 27.1 Å². The maximum absolute atomic E-state index is 11.8. The average Bonchev–Trinajstić information content (AvgIpc) is 2.45. The van der Waals surface area contributed by atoms with E-state index in [0.29, 0.717) is 0 Å². The molecular weight excluding hydrogens is 248 g/mol. The smallest absolute Gasteiger partial charge is 0.339 e. The number of carbonyl (C=O) groups excluding carboxylic acids is 3. The Morgan fingerprint density at radius 2 is 1.74 bits per heavy atom. The maximum Gasteiger partial charge on any atom is 0.339 e. The highest BCUT2D eigenvalue weighted by Gasteiger charge is 2.18. The molecule has 0 atom stereocenters. The molecule has 0 heterocycles. The van der Waals surface area contributed by atoms with Crippen molar-refractivity contribution in [3.8, 4) is 0 Å². The molecule has 0 amide bonds. The molecule has 0 aliphatic heterocycles. The zero-order valence-electron chi connectivity index (χ0n) is 10.5. The van der Waals surface area contributed by atoms with Gasteiger partial charge in [0, 0.05) is 6.42 Å². The van der Waals surface area contributed by atoms with Gasteiger partial charge in [0.1, 0.15) is 0 Å². The molecule has 1 aromatic carbocycles. The van der Waals surface area contributed by atoms with E-state index in [4.69, 9.17) is 4.74 Å². The first-order chi connectivity index (χ1) is 9.10. The van der Waals surface area contributed by atoms with E-state index in [1.165, 1.54) is 19.2 Å². The molecule has 0 unspecified atom stereocenters. The lowest BCUT2D eigenvalue weighted by Crippen LogP contribution is -2.14. The molecule has 1 aromatic rings. The van der Waals surface area contributed by atoms with Gasteiger partial charge in [-0.25, -0.2) is 9.59 Å². The van der Waals surface area contributed by atoms with Crippen LogP contribution in [0.3, 0.4) is 0 Å². The van der Waals surface area contributed by atoms with Gasteiger partial charge in [0.2, 0.25) is 0 Å². The molecule has 0 aliphatic rings. The van der Waals surface area contributed by atoms with E-state index in [9.17, 15) is 14.4 Å². The molecule has 1 rings (SSSR count). The van der Waals surface area contributed by atoms with Crippen LogP contribution in [0.25, 0.3) is 0 Å². The normalized spacial score (nSPS) is 9.53. The Labute approximate surface area is 110 Å². The monoisotopic (exact) mass is 262 g/mol. The molecule has 0 fully saturated rings. The summed E-state index contributed by atoms with van der Waals surface area (Å²) >= 11 is 0. The molecule has 100 valence electrons. The fourth-order valence-electron chi connectivity index (χ4n) is 1.37. The van der Waals surface area contributed by atoms with Crippen molar-refractivity contribution in [1.29, 1.82) is 0 Å². The number of methoxy groups -OCH3 is 1. The lowest BCUT2D eigenvalue weighted by atomic mass is 10.1. The van der Waals surface area contributed by atoms with Gasteiger partial charge in [0.05, 0.1) is 24.8 Å². The van der Waals surface area contributed by atoms with E-state index in [-0.39, 0.29) is 29.9 Å². The van der Waals surface area contributed by atoms with Crippen LogP contribution in [0.4, 0.5) is 0 Å². The van der Waals surface area contributed by atoms with E-state index in [0.717, 1.165) is 6.08 Å². The van der Waals surface area contributed by atoms with Crippen molar-refractivity contribution in [1.82, 2.24) is 0 Å². The van der Waals surface area contributed by atoms with Crippen LogP contribution in [0.2, 0.25) is 0 Å². The summed E-state index contributed by atoms with van der Waals surface area (Å²) in [4.78, 5) is 34.2. The standard InChI is InChI=1S/C14H14O5/c1-3-10(15)8-9-19-14(17)12-7-5-4-6-11(12)13(16)18-2/h3-7H,1,8-9H2,2H3. The lowest BCUT2D eigenvalue weighted by molar-refractivity contribution is -0.115. The first-order valence-corrected chi connectivity index (χ1v) is 5.60. The number of hydrogen-bond acceptors (Lipinski definition) is 5. The second kappa shape index (κ2) is 7.10. The van der Waals surface area contributed by atoms with Gasteiger partial charge in [-0.05, 0) is 18.2 Å². The third-order valence-electron chi connectivity index (χ3n) is 2.36. The van der Waals surface area contributed by atoms with Crippen LogP contribution >= 0.6 is 0 Å². The van der Waals surface area contributed by atoms with Crippen molar-refractivity contribution < 1.29 is 23.9 Å². The third-order valence-corrected chi connectivity index (χ3v) is 2.36. The topological polar surface area (TPSA) is 69.7 Å². The summed E-state index contributed by atoms with van der Waals surface area (Å²) in [5.41, 5.74) is 0.241. The quantitative estimate of drug-likeness (QED) is 0.577. The summed E-state index contributed by atoms with van der Waals surface area (Å²) < 4.78 is 9.49. The predicted molar refractivity (Wildman–Crippen MR) is 67.9 cm³/mol. The van der Waals surface area contributed by atoms with E-state index < -0.39 is 11.9 Å². The Hall–Kier alpha value is -2.43. The molecule has 0 radical (unpaired) electrons. The van der Waals surface area contributed by atoms with E-state index in [2.05, 4.69) is 11.3 Å². The molecule has 5 nitrogen and oxygen atoms in total. The van der Waals surface area contributed by atoms with Crippen molar-refractivity contribution in [3.63, 3.8) is 0 Å². The molecule has 0 aromatic heterocycles. The molecule has 0 N–H and O–H groups in total. The fraction of sp³-hybridized carbons (Fsp3) is 0.214. The number of esters is 2. The molecular formula is C14H14O5. The first-order valence-electron chi connectivity index (χ1n) is 5.60. The molecule has 0 bridgehead atoms. The van der Waals surface area contributed by atoms with Crippen LogP contribution in [-0.4, -0.2) is 31.4 Å². The average molecular weight is 262 g/mol. The predicted octanol–water partition coefficient (Wildman–Crippen LogP) is 1.78. The molecule has 0 saturated heterocycles. The molecule has 0 spiro atoms. The Kier molecular flexibility index (Phi) is 5.47. The number of hydrogen-bond donors (Lipinski definition) is 0. The number of allylic oxidation sites excluding steroid dienone is 1. The zero-order chi connectivity index (χ0) is 14.3. The number of ether oxygens (including phenoxy) is 2. The minimum Gasteiger partial charge on any atom is -0.465 e. The summed E-state index contributed by atoms with van der Waals surface area (Å²) in [5, 5.41) is 0.